The fourth-order valence-corrected chi connectivity index (χ4v) is 4.39. The predicted molar refractivity (Wildman–Crippen MR) is 126 cm³/mol. The summed E-state index contributed by atoms with van der Waals surface area (Å²) in [6.07, 6.45) is 3.06. The summed E-state index contributed by atoms with van der Waals surface area (Å²) in [4.78, 5) is 8.07. The largest absolute Gasteiger partial charge is 0.351 e. The van der Waals surface area contributed by atoms with Gasteiger partial charge in [0.25, 0.3) is 5.89 Å². The van der Waals surface area contributed by atoms with Crippen molar-refractivity contribution in [3.8, 4) is 11.4 Å². The molecule has 2 aromatic carbocycles. The minimum atomic E-state index is -0.148. The van der Waals surface area contributed by atoms with Gasteiger partial charge in [-0.25, -0.2) is 0 Å². The van der Waals surface area contributed by atoms with Crippen LogP contribution in [0.2, 0.25) is 0 Å². The zero-order valence-electron chi connectivity index (χ0n) is 17.3. The number of thiocarbonyl (C=S) groups is 1. The van der Waals surface area contributed by atoms with Crippen LogP contribution >= 0.6 is 24.0 Å². The second-order valence-corrected chi connectivity index (χ2v) is 8.36. The summed E-state index contributed by atoms with van der Waals surface area (Å²) in [6, 6.07) is 18.2. The SMILES string of the molecule is CCCN1C(=S)NC(c2ccc(SC)cc2)C(c2nc(-c3ccccc3)no2)=C1C. The van der Waals surface area contributed by atoms with Gasteiger partial charge in [-0.3, -0.25) is 0 Å². The average molecular weight is 437 g/mol. The van der Waals surface area contributed by atoms with Crippen LogP contribution < -0.4 is 5.32 Å². The van der Waals surface area contributed by atoms with E-state index in [4.69, 9.17) is 21.7 Å². The van der Waals surface area contributed by atoms with E-state index in [0.29, 0.717) is 11.7 Å². The molecule has 1 atom stereocenters. The Bertz CT molecular complexity index is 1060. The van der Waals surface area contributed by atoms with Crippen molar-refractivity contribution < 1.29 is 4.52 Å². The first-order chi connectivity index (χ1) is 14.6. The molecular formula is C23H24N4OS2. The lowest BCUT2D eigenvalue weighted by Gasteiger charge is -2.37. The minimum Gasteiger partial charge on any atom is -0.351 e. The molecular weight excluding hydrogens is 412 g/mol. The summed E-state index contributed by atoms with van der Waals surface area (Å²) in [5.74, 6) is 1.10. The fraction of sp³-hybridized carbons (Fsp3) is 0.261. The molecule has 2 heterocycles. The molecule has 0 fully saturated rings. The lowest BCUT2D eigenvalue weighted by atomic mass is 9.95. The Hall–Kier alpha value is -2.64. The van der Waals surface area contributed by atoms with Crippen molar-refractivity contribution >= 4 is 34.7 Å². The van der Waals surface area contributed by atoms with Gasteiger partial charge in [0.1, 0.15) is 0 Å². The highest BCUT2D eigenvalue weighted by atomic mass is 32.2. The van der Waals surface area contributed by atoms with Crippen LogP contribution in [-0.2, 0) is 0 Å². The van der Waals surface area contributed by atoms with E-state index in [1.54, 1.807) is 11.8 Å². The van der Waals surface area contributed by atoms with Crippen molar-refractivity contribution in [3.05, 3.63) is 71.7 Å². The third-order valence-electron chi connectivity index (χ3n) is 5.18. The molecule has 5 nitrogen and oxygen atoms in total. The van der Waals surface area contributed by atoms with Gasteiger partial charge in [0.05, 0.1) is 11.6 Å². The monoisotopic (exact) mass is 436 g/mol. The fourth-order valence-electron chi connectivity index (χ4n) is 3.63. The Kier molecular flexibility index (Phi) is 6.20. The van der Waals surface area contributed by atoms with Crippen molar-refractivity contribution in [1.29, 1.82) is 0 Å². The number of hydrogen-bond donors (Lipinski definition) is 1. The summed E-state index contributed by atoms with van der Waals surface area (Å²) in [5.41, 5.74) is 4.04. The van der Waals surface area contributed by atoms with Crippen LogP contribution in [0.4, 0.5) is 0 Å². The van der Waals surface area contributed by atoms with E-state index in [9.17, 15) is 0 Å². The molecule has 1 aromatic heterocycles. The molecule has 1 N–H and O–H groups in total. The van der Waals surface area contributed by atoms with Crippen LogP contribution in [0.15, 0.2) is 69.7 Å². The van der Waals surface area contributed by atoms with Gasteiger partial charge in [-0.1, -0.05) is 54.5 Å². The Morgan fingerprint density at radius 2 is 1.87 bits per heavy atom. The van der Waals surface area contributed by atoms with Gasteiger partial charge in [0, 0.05) is 22.7 Å². The molecule has 0 radical (unpaired) electrons. The van der Waals surface area contributed by atoms with Crippen molar-refractivity contribution in [1.82, 2.24) is 20.4 Å². The van der Waals surface area contributed by atoms with Crippen LogP contribution in [0.1, 0.15) is 37.8 Å². The number of nitrogens with one attached hydrogen (secondary N) is 1. The smallest absolute Gasteiger partial charge is 0.258 e. The van der Waals surface area contributed by atoms with Crippen molar-refractivity contribution in [2.75, 3.05) is 12.8 Å². The summed E-state index contributed by atoms with van der Waals surface area (Å²) in [7, 11) is 0. The lowest BCUT2D eigenvalue weighted by molar-refractivity contribution is 0.396. The van der Waals surface area contributed by atoms with E-state index in [2.05, 4.69) is 59.7 Å². The predicted octanol–water partition coefficient (Wildman–Crippen LogP) is 5.53. The van der Waals surface area contributed by atoms with Gasteiger partial charge < -0.3 is 14.7 Å². The third-order valence-corrected chi connectivity index (χ3v) is 6.26. The maximum absolute atomic E-state index is 5.75. The average Bonchev–Trinajstić information content (AvgIpc) is 3.26. The van der Waals surface area contributed by atoms with Gasteiger partial charge in [-0.15, -0.1) is 11.8 Å². The zero-order valence-corrected chi connectivity index (χ0v) is 18.9. The summed E-state index contributed by atoms with van der Waals surface area (Å²) >= 11 is 7.41. The highest BCUT2D eigenvalue weighted by Crippen LogP contribution is 2.37. The Balaban J connectivity index is 1.80. The van der Waals surface area contributed by atoms with Gasteiger partial charge in [0.2, 0.25) is 5.82 Å². The molecule has 1 unspecified atom stereocenters. The quantitative estimate of drug-likeness (QED) is 0.403. The molecule has 0 bridgehead atoms. The molecule has 4 rings (SSSR count). The lowest BCUT2D eigenvalue weighted by Crippen LogP contribution is -2.46. The second kappa shape index (κ2) is 9.02. The first-order valence-corrected chi connectivity index (χ1v) is 11.6. The van der Waals surface area contributed by atoms with E-state index in [1.165, 1.54) is 4.90 Å². The molecule has 0 saturated carbocycles. The first kappa shape index (κ1) is 20.6. The molecule has 154 valence electrons. The number of allylic oxidation sites excluding steroid dienone is 1. The number of rotatable bonds is 6. The van der Waals surface area contributed by atoms with Crippen LogP contribution in [-0.4, -0.2) is 33.0 Å². The van der Waals surface area contributed by atoms with Gasteiger partial charge in [-0.05, 0) is 49.5 Å². The van der Waals surface area contributed by atoms with E-state index in [1.807, 2.05) is 30.3 Å². The molecule has 7 heteroatoms. The van der Waals surface area contributed by atoms with Gasteiger partial charge in [-0.2, -0.15) is 4.98 Å². The van der Waals surface area contributed by atoms with Crippen molar-refractivity contribution in [2.24, 2.45) is 0 Å². The number of nitrogens with zero attached hydrogens (tertiary/aromatic N) is 3. The van der Waals surface area contributed by atoms with E-state index >= 15 is 0 Å². The highest BCUT2D eigenvalue weighted by molar-refractivity contribution is 7.98. The first-order valence-electron chi connectivity index (χ1n) is 9.94. The normalized spacial score (nSPS) is 16.7. The van der Waals surface area contributed by atoms with Crippen LogP contribution in [0.3, 0.4) is 0 Å². The zero-order chi connectivity index (χ0) is 21.1. The number of thioether (sulfide) groups is 1. The molecule has 0 saturated heterocycles. The van der Waals surface area contributed by atoms with E-state index in [0.717, 1.165) is 40.5 Å². The topological polar surface area (TPSA) is 54.2 Å². The number of hydrogen-bond acceptors (Lipinski definition) is 5. The van der Waals surface area contributed by atoms with Crippen LogP contribution in [0.25, 0.3) is 17.0 Å². The molecule has 3 aromatic rings. The molecule has 1 aliphatic rings. The van der Waals surface area contributed by atoms with Gasteiger partial charge >= 0.3 is 0 Å². The maximum Gasteiger partial charge on any atom is 0.258 e. The summed E-state index contributed by atoms with van der Waals surface area (Å²) in [5, 5.41) is 8.46. The van der Waals surface area contributed by atoms with E-state index in [-0.39, 0.29) is 6.04 Å². The Labute approximate surface area is 186 Å². The minimum absolute atomic E-state index is 0.148. The molecule has 0 spiro atoms. The van der Waals surface area contributed by atoms with Crippen LogP contribution in [0, 0.1) is 0 Å². The highest BCUT2D eigenvalue weighted by Gasteiger charge is 2.33. The third kappa shape index (κ3) is 4.00. The Morgan fingerprint density at radius 1 is 1.13 bits per heavy atom. The second-order valence-electron chi connectivity index (χ2n) is 7.10. The molecule has 0 amide bonds. The summed E-state index contributed by atoms with van der Waals surface area (Å²) in [6.45, 7) is 5.05. The maximum atomic E-state index is 5.75. The number of aromatic nitrogens is 2. The van der Waals surface area contributed by atoms with E-state index < -0.39 is 0 Å². The Morgan fingerprint density at radius 3 is 2.53 bits per heavy atom. The molecule has 30 heavy (non-hydrogen) atoms. The van der Waals surface area contributed by atoms with Crippen molar-refractivity contribution in [3.63, 3.8) is 0 Å². The summed E-state index contributed by atoms with van der Waals surface area (Å²) < 4.78 is 5.75. The number of benzene rings is 2. The molecule has 1 aliphatic heterocycles. The van der Waals surface area contributed by atoms with Gasteiger partial charge in [0.15, 0.2) is 5.11 Å². The van der Waals surface area contributed by atoms with Crippen molar-refractivity contribution in [2.45, 2.75) is 31.2 Å². The molecule has 0 aliphatic carbocycles. The standard InChI is InChI=1S/C23H24N4OS2/c1-4-14-27-15(2)19(22-25-21(26-28-22)17-8-6-5-7-9-17)20(24-23(27)29)16-10-12-18(30-3)13-11-16/h5-13,20H,4,14H2,1-3H3,(H,24,29). The van der Waals surface area contributed by atoms with Crippen LogP contribution in [0.5, 0.6) is 0 Å².